The van der Waals surface area contributed by atoms with Gasteiger partial charge >= 0.3 is 5.97 Å². The van der Waals surface area contributed by atoms with Crippen LogP contribution in [0, 0.1) is 0 Å². The third kappa shape index (κ3) is 5.20. The van der Waals surface area contributed by atoms with Gasteiger partial charge in [0.2, 0.25) is 0 Å². The second kappa shape index (κ2) is 9.47. The van der Waals surface area contributed by atoms with Crippen molar-refractivity contribution in [2.75, 3.05) is 0 Å². The summed E-state index contributed by atoms with van der Waals surface area (Å²) in [4.78, 5) is 29.2. The molecule has 5 nitrogen and oxygen atoms in total. The smallest absolute Gasteiger partial charge is 0.317 e. The van der Waals surface area contributed by atoms with E-state index in [2.05, 4.69) is 10.3 Å². The number of benzene rings is 2. The first-order valence-electron chi connectivity index (χ1n) is 9.27. The van der Waals surface area contributed by atoms with Crippen LogP contribution in [0.5, 0.6) is 5.75 Å². The third-order valence-corrected chi connectivity index (χ3v) is 5.89. The van der Waals surface area contributed by atoms with Crippen LogP contribution in [-0.4, -0.2) is 16.9 Å². The van der Waals surface area contributed by atoms with E-state index < -0.39 is 5.97 Å². The molecule has 0 saturated carbocycles. The summed E-state index contributed by atoms with van der Waals surface area (Å²) in [6.45, 7) is 0.431. The maximum atomic E-state index is 12.4. The number of esters is 1. The highest BCUT2D eigenvalue weighted by Crippen LogP contribution is 2.26. The van der Waals surface area contributed by atoms with Crippen molar-refractivity contribution in [3.63, 3.8) is 0 Å². The fraction of sp³-hybridized carbons (Fsp3) is 0.0870. The van der Waals surface area contributed by atoms with E-state index in [0.29, 0.717) is 23.6 Å². The SMILES string of the molecule is O=C(Cc1csc(-c2ccsc2)n1)Oc1cccc(C(=O)NCc2ccccc2)c1. The van der Waals surface area contributed by atoms with Gasteiger partial charge in [-0.3, -0.25) is 9.59 Å². The first-order chi connectivity index (χ1) is 14.7. The molecule has 0 aliphatic rings. The number of ether oxygens (including phenoxy) is 1. The molecule has 150 valence electrons. The number of thiophene rings is 1. The fourth-order valence-corrected chi connectivity index (χ4v) is 4.34. The van der Waals surface area contributed by atoms with Crippen LogP contribution >= 0.6 is 22.7 Å². The Labute approximate surface area is 182 Å². The molecule has 1 amide bonds. The number of nitrogens with zero attached hydrogens (tertiary/aromatic N) is 1. The third-order valence-electron chi connectivity index (χ3n) is 4.27. The number of carbonyl (C=O) groups is 2. The Morgan fingerprint density at radius 1 is 1.00 bits per heavy atom. The minimum absolute atomic E-state index is 0.0745. The van der Waals surface area contributed by atoms with Crippen LogP contribution in [-0.2, 0) is 17.8 Å². The van der Waals surface area contributed by atoms with Crippen LogP contribution in [0.3, 0.4) is 0 Å². The van der Waals surface area contributed by atoms with Crippen molar-refractivity contribution >= 4 is 34.6 Å². The summed E-state index contributed by atoms with van der Waals surface area (Å²) in [5.41, 5.74) is 3.17. The zero-order chi connectivity index (χ0) is 20.8. The molecule has 0 aliphatic carbocycles. The Balaban J connectivity index is 1.34. The zero-order valence-electron chi connectivity index (χ0n) is 15.9. The van der Waals surface area contributed by atoms with E-state index in [0.717, 1.165) is 16.1 Å². The molecule has 2 heterocycles. The maximum Gasteiger partial charge on any atom is 0.317 e. The highest BCUT2D eigenvalue weighted by molar-refractivity contribution is 7.14. The van der Waals surface area contributed by atoms with Crippen molar-refractivity contribution in [2.24, 2.45) is 0 Å². The quantitative estimate of drug-likeness (QED) is 0.330. The lowest BCUT2D eigenvalue weighted by Gasteiger charge is -2.08. The van der Waals surface area contributed by atoms with Gasteiger partial charge in [0.05, 0.1) is 12.1 Å². The second-order valence-corrected chi connectivity index (χ2v) is 8.14. The standard InChI is InChI=1S/C23H18N2O3S2/c26-21(12-19-15-30-23(25-19)18-9-10-29-14-18)28-20-8-4-7-17(11-20)22(27)24-13-16-5-2-1-3-6-16/h1-11,14-15H,12-13H2,(H,24,27). The molecule has 0 fully saturated rings. The predicted molar refractivity (Wildman–Crippen MR) is 119 cm³/mol. The fourth-order valence-electron chi connectivity index (χ4n) is 2.80. The number of amides is 1. The van der Waals surface area contributed by atoms with Crippen LogP contribution in [0.2, 0.25) is 0 Å². The summed E-state index contributed by atoms with van der Waals surface area (Å²) < 4.78 is 5.42. The number of rotatable bonds is 7. The van der Waals surface area contributed by atoms with Crippen molar-refractivity contribution in [1.82, 2.24) is 10.3 Å². The van der Waals surface area contributed by atoms with Crippen molar-refractivity contribution in [3.8, 4) is 16.3 Å². The minimum atomic E-state index is -0.418. The number of hydrogen-bond donors (Lipinski definition) is 1. The predicted octanol–water partition coefficient (Wildman–Crippen LogP) is 4.95. The van der Waals surface area contributed by atoms with E-state index in [1.54, 1.807) is 35.6 Å². The van der Waals surface area contributed by atoms with Crippen LogP contribution in [0.4, 0.5) is 0 Å². The molecule has 2 aromatic heterocycles. The summed E-state index contributed by atoms with van der Waals surface area (Å²) in [5, 5.41) is 9.63. The summed E-state index contributed by atoms with van der Waals surface area (Å²) in [5.74, 6) is -0.309. The Kier molecular flexibility index (Phi) is 6.32. The summed E-state index contributed by atoms with van der Waals surface area (Å²) >= 11 is 3.11. The number of carbonyl (C=O) groups excluding carboxylic acids is 2. The highest BCUT2D eigenvalue weighted by atomic mass is 32.1. The van der Waals surface area contributed by atoms with E-state index in [9.17, 15) is 9.59 Å². The molecule has 0 unspecified atom stereocenters. The largest absolute Gasteiger partial charge is 0.426 e. The van der Waals surface area contributed by atoms with Crippen LogP contribution in [0.1, 0.15) is 21.6 Å². The van der Waals surface area contributed by atoms with Gasteiger partial charge < -0.3 is 10.1 Å². The van der Waals surface area contributed by atoms with Crippen molar-refractivity contribution in [3.05, 3.63) is 93.6 Å². The Morgan fingerprint density at radius 3 is 2.67 bits per heavy atom. The molecule has 0 bridgehead atoms. The van der Waals surface area contributed by atoms with E-state index in [4.69, 9.17) is 4.74 Å². The zero-order valence-corrected chi connectivity index (χ0v) is 17.5. The van der Waals surface area contributed by atoms with Gasteiger partial charge in [-0.2, -0.15) is 11.3 Å². The van der Waals surface area contributed by atoms with Gasteiger partial charge in [-0.25, -0.2) is 4.98 Å². The molecule has 0 radical (unpaired) electrons. The first-order valence-corrected chi connectivity index (χ1v) is 11.1. The topological polar surface area (TPSA) is 68.3 Å². The molecule has 1 N–H and O–H groups in total. The van der Waals surface area contributed by atoms with Crippen molar-refractivity contribution in [2.45, 2.75) is 13.0 Å². The number of thiazole rings is 1. The van der Waals surface area contributed by atoms with Crippen LogP contribution < -0.4 is 10.1 Å². The normalized spacial score (nSPS) is 10.5. The monoisotopic (exact) mass is 434 g/mol. The Hall–Kier alpha value is -3.29. The lowest BCUT2D eigenvalue weighted by molar-refractivity contribution is -0.133. The molecular weight excluding hydrogens is 416 g/mol. The van der Waals surface area contributed by atoms with Gasteiger partial charge in [0.25, 0.3) is 5.91 Å². The lowest BCUT2D eigenvalue weighted by Crippen LogP contribution is -2.22. The first kappa shape index (κ1) is 20.0. The van der Waals surface area contributed by atoms with Crippen LogP contribution in [0.15, 0.2) is 76.8 Å². The van der Waals surface area contributed by atoms with Gasteiger partial charge in [-0.05, 0) is 35.2 Å². The average molecular weight is 435 g/mol. The summed E-state index contributed by atoms with van der Waals surface area (Å²) in [7, 11) is 0. The summed E-state index contributed by atoms with van der Waals surface area (Å²) in [6, 6.07) is 18.3. The van der Waals surface area contributed by atoms with Gasteiger partial charge in [0.1, 0.15) is 10.8 Å². The molecule has 0 saturated heterocycles. The van der Waals surface area contributed by atoms with E-state index in [1.807, 2.05) is 52.5 Å². The average Bonchev–Trinajstić information content (AvgIpc) is 3.45. The van der Waals surface area contributed by atoms with Gasteiger partial charge in [0, 0.05) is 28.4 Å². The van der Waals surface area contributed by atoms with Gasteiger partial charge in [0.15, 0.2) is 0 Å². The highest BCUT2D eigenvalue weighted by Gasteiger charge is 2.13. The number of hydrogen-bond acceptors (Lipinski definition) is 6. The Morgan fingerprint density at radius 2 is 1.87 bits per heavy atom. The van der Waals surface area contributed by atoms with Gasteiger partial charge in [-0.15, -0.1) is 11.3 Å². The molecular formula is C23H18N2O3S2. The molecule has 0 atom stereocenters. The second-order valence-electron chi connectivity index (χ2n) is 6.50. The molecule has 7 heteroatoms. The minimum Gasteiger partial charge on any atom is -0.426 e. The van der Waals surface area contributed by atoms with Crippen LogP contribution in [0.25, 0.3) is 10.6 Å². The maximum absolute atomic E-state index is 12.4. The van der Waals surface area contributed by atoms with E-state index in [-0.39, 0.29) is 12.3 Å². The lowest BCUT2D eigenvalue weighted by atomic mass is 10.2. The molecule has 0 spiro atoms. The molecule has 0 aliphatic heterocycles. The number of aromatic nitrogens is 1. The van der Waals surface area contributed by atoms with Gasteiger partial charge in [-0.1, -0.05) is 36.4 Å². The molecule has 30 heavy (non-hydrogen) atoms. The molecule has 4 rings (SSSR count). The van der Waals surface area contributed by atoms with E-state index in [1.165, 1.54) is 11.3 Å². The van der Waals surface area contributed by atoms with Crippen molar-refractivity contribution in [1.29, 1.82) is 0 Å². The number of nitrogens with one attached hydrogen (secondary N) is 1. The Bertz CT molecular complexity index is 1140. The molecule has 2 aromatic carbocycles. The summed E-state index contributed by atoms with van der Waals surface area (Å²) in [6.07, 6.45) is 0.0745. The van der Waals surface area contributed by atoms with E-state index >= 15 is 0 Å². The molecule has 4 aromatic rings. The van der Waals surface area contributed by atoms with Crippen molar-refractivity contribution < 1.29 is 14.3 Å².